The number of carbonyl (C=O) groups is 1. The van der Waals surface area contributed by atoms with Gasteiger partial charge in [0.2, 0.25) is 0 Å². The maximum Gasteiger partial charge on any atom is 0.338 e. The number of amides is 2. The van der Waals surface area contributed by atoms with Crippen molar-refractivity contribution < 1.29 is 14.7 Å². The molecular weight excluding hydrogens is 316 g/mol. The minimum Gasteiger partial charge on any atom is -0.457 e. The Morgan fingerprint density at radius 1 is 1.17 bits per heavy atom. The van der Waals surface area contributed by atoms with Crippen LogP contribution >= 0.6 is 11.6 Å². The molecule has 1 aliphatic rings. The number of hydroxylamine groups is 2. The quantitative estimate of drug-likeness (QED) is 0.652. The molecule has 0 spiro atoms. The van der Waals surface area contributed by atoms with Crippen molar-refractivity contribution in [2.45, 2.75) is 24.8 Å². The summed E-state index contributed by atoms with van der Waals surface area (Å²) in [5, 5.41) is 10.8. The van der Waals surface area contributed by atoms with Gasteiger partial charge in [0.1, 0.15) is 11.5 Å². The summed E-state index contributed by atoms with van der Waals surface area (Å²) in [6, 6.07) is 14.0. The topological polar surface area (TPSA) is 75.8 Å². The van der Waals surface area contributed by atoms with Crippen molar-refractivity contribution in [3.8, 4) is 11.5 Å². The number of benzene rings is 2. The average molecular weight is 333 g/mol. The second kappa shape index (κ2) is 6.48. The van der Waals surface area contributed by atoms with E-state index in [9.17, 15) is 10.0 Å². The molecule has 2 aromatic carbocycles. The van der Waals surface area contributed by atoms with Gasteiger partial charge in [-0.1, -0.05) is 23.7 Å². The molecule has 6 heteroatoms. The fourth-order valence-corrected chi connectivity index (χ4v) is 2.84. The lowest BCUT2D eigenvalue weighted by molar-refractivity contribution is -0.102. The second-order valence-electron chi connectivity index (χ2n) is 5.63. The van der Waals surface area contributed by atoms with E-state index in [0.717, 1.165) is 11.3 Å². The van der Waals surface area contributed by atoms with Gasteiger partial charge < -0.3 is 10.5 Å². The number of rotatable bonds is 4. The summed E-state index contributed by atoms with van der Waals surface area (Å²) >= 11 is 5.86. The second-order valence-corrected chi connectivity index (χ2v) is 6.07. The standard InChI is InChI=1S/C17H17ClN2O3/c18-13-4-6-15(7-5-13)23-16-3-1-2-11(10-16)12-8-14(9-12)20(22)17(19)21/h1-7,10,12,14,22H,8-9H2,(H2,19,21)/t12-,14+. The zero-order chi connectivity index (χ0) is 16.4. The van der Waals surface area contributed by atoms with Crippen LogP contribution in [-0.4, -0.2) is 22.3 Å². The summed E-state index contributed by atoms with van der Waals surface area (Å²) in [5.74, 6) is 1.74. The summed E-state index contributed by atoms with van der Waals surface area (Å²) in [4.78, 5) is 10.9. The van der Waals surface area contributed by atoms with Crippen LogP contribution in [-0.2, 0) is 0 Å². The van der Waals surface area contributed by atoms with Gasteiger partial charge in [-0.15, -0.1) is 0 Å². The Bertz CT molecular complexity index is 699. The molecule has 1 aliphatic carbocycles. The van der Waals surface area contributed by atoms with Crippen molar-refractivity contribution in [1.82, 2.24) is 5.06 Å². The van der Waals surface area contributed by atoms with Gasteiger partial charge in [0, 0.05) is 5.02 Å². The monoisotopic (exact) mass is 332 g/mol. The molecule has 2 aromatic rings. The largest absolute Gasteiger partial charge is 0.457 e. The molecule has 5 nitrogen and oxygen atoms in total. The first kappa shape index (κ1) is 15.6. The van der Waals surface area contributed by atoms with Gasteiger partial charge in [0.15, 0.2) is 0 Å². The van der Waals surface area contributed by atoms with Crippen LogP contribution in [0.1, 0.15) is 24.3 Å². The van der Waals surface area contributed by atoms with Gasteiger partial charge in [-0.3, -0.25) is 5.21 Å². The molecule has 2 amide bonds. The highest BCUT2D eigenvalue weighted by Gasteiger charge is 2.36. The molecule has 0 bridgehead atoms. The van der Waals surface area contributed by atoms with Crippen molar-refractivity contribution in [3.05, 3.63) is 59.1 Å². The van der Waals surface area contributed by atoms with Crippen molar-refractivity contribution in [2.75, 3.05) is 0 Å². The average Bonchev–Trinajstić information content (AvgIpc) is 2.48. The lowest BCUT2D eigenvalue weighted by Crippen LogP contribution is -2.47. The van der Waals surface area contributed by atoms with E-state index in [1.807, 2.05) is 36.4 Å². The molecule has 0 aliphatic heterocycles. The van der Waals surface area contributed by atoms with E-state index in [2.05, 4.69) is 0 Å². The maximum atomic E-state index is 10.9. The minimum absolute atomic E-state index is 0.210. The summed E-state index contributed by atoms with van der Waals surface area (Å²) in [5.41, 5.74) is 6.18. The molecular formula is C17H17ClN2O3. The van der Waals surface area contributed by atoms with Gasteiger partial charge in [0.05, 0.1) is 6.04 Å². The van der Waals surface area contributed by atoms with Crippen molar-refractivity contribution in [2.24, 2.45) is 5.73 Å². The first-order valence-corrected chi connectivity index (χ1v) is 7.71. The maximum absolute atomic E-state index is 10.9. The van der Waals surface area contributed by atoms with Crippen LogP contribution in [0.2, 0.25) is 5.02 Å². The first-order valence-electron chi connectivity index (χ1n) is 7.34. The highest BCUT2D eigenvalue weighted by molar-refractivity contribution is 6.30. The Labute approximate surface area is 139 Å². The van der Waals surface area contributed by atoms with E-state index in [1.165, 1.54) is 0 Å². The van der Waals surface area contributed by atoms with Crippen LogP contribution in [0.4, 0.5) is 4.79 Å². The van der Waals surface area contributed by atoms with Crippen LogP contribution in [0.25, 0.3) is 0 Å². The lowest BCUT2D eigenvalue weighted by atomic mass is 9.75. The fraction of sp³-hybridized carbons (Fsp3) is 0.235. The highest BCUT2D eigenvalue weighted by Crippen LogP contribution is 2.40. The predicted octanol–water partition coefficient (Wildman–Crippen LogP) is 4.15. The van der Waals surface area contributed by atoms with Crippen molar-refractivity contribution in [1.29, 1.82) is 0 Å². The molecule has 0 unspecified atom stereocenters. The number of urea groups is 1. The number of hydrogen-bond acceptors (Lipinski definition) is 3. The highest BCUT2D eigenvalue weighted by atomic mass is 35.5. The molecule has 120 valence electrons. The number of primary amides is 1. The number of ether oxygens (including phenoxy) is 1. The molecule has 0 saturated heterocycles. The third kappa shape index (κ3) is 3.57. The fourth-order valence-electron chi connectivity index (χ4n) is 2.71. The summed E-state index contributed by atoms with van der Waals surface area (Å²) < 4.78 is 5.81. The third-order valence-corrected chi connectivity index (χ3v) is 4.32. The van der Waals surface area contributed by atoms with E-state index in [0.29, 0.717) is 28.7 Å². The van der Waals surface area contributed by atoms with Crippen LogP contribution in [0.3, 0.4) is 0 Å². The number of carbonyl (C=O) groups excluding carboxylic acids is 1. The molecule has 1 fully saturated rings. The van der Waals surface area contributed by atoms with Gasteiger partial charge in [-0.25, -0.2) is 9.86 Å². The number of nitrogens with zero attached hydrogens (tertiary/aromatic N) is 1. The van der Waals surface area contributed by atoms with E-state index < -0.39 is 6.03 Å². The molecule has 3 N–H and O–H groups in total. The van der Waals surface area contributed by atoms with Crippen LogP contribution in [0.5, 0.6) is 11.5 Å². The van der Waals surface area contributed by atoms with Gasteiger partial charge in [0.25, 0.3) is 0 Å². The molecule has 23 heavy (non-hydrogen) atoms. The van der Waals surface area contributed by atoms with Gasteiger partial charge >= 0.3 is 6.03 Å². The Morgan fingerprint density at radius 3 is 2.52 bits per heavy atom. The smallest absolute Gasteiger partial charge is 0.338 e. The van der Waals surface area contributed by atoms with E-state index in [-0.39, 0.29) is 12.0 Å². The third-order valence-electron chi connectivity index (χ3n) is 4.06. The lowest BCUT2D eigenvalue weighted by Gasteiger charge is -2.39. The Kier molecular flexibility index (Phi) is 4.41. The minimum atomic E-state index is -0.812. The van der Waals surface area contributed by atoms with E-state index >= 15 is 0 Å². The van der Waals surface area contributed by atoms with Gasteiger partial charge in [-0.05, 0) is 60.7 Å². The zero-order valence-electron chi connectivity index (χ0n) is 12.4. The number of hydrogen-bond donors (Lipinski definition) is 2. The number of nitrogens with two attached hydrogens (primary N) is 1. The van der Waals surface area contributed by atoms with E-state index in [1.54, 1.807) is 12.1 Å². The summed E-state index contributed by atoms with van der Waals surface area (Å²) in [7, 11) is 0. The SMILES string of the molecule is NC(=O)N(O)[C@H]1C[C@@H](c2cccc(Oc3ccc(Cl)cc3)c2)C1. The van der Waals surface area contributed by atoms with Gasteiger partial charge in [-0.2, -0.15) is 0 Å². The Hall–Kier alpha value is -2.24. The van der Waals surface area contributed by atoms with Crippen LogP contribution < -0.4 is 10.5 Å². The van der Waals surface area contributed by atoms with Crippen LogP contribution in [0.15, 0.2) is 48.5 Å². The molecule has 0 atom stereocenters. The molecule has 1 saturated carbocycles. The Balaban J connectivity index is 1.65. The normalized spacial score (nSPS) is 19.7. The first-order chi connectivity index (χ1) is 11.0. The predicted molar refractivity (Wildman–Crippen MR) is 86.9 cm³/mol. The van der Waals surface area contributed by atoms with Crippen molar-refractivity contribution in [3.63, 3.8) is 0 Å². The molecule has 0 radical (unpaired) electrons. The summed E-state index contributed by atoms with van der Waals surface area (Å²) in [6.07, 6.45) is 1.37. The van der Waals surface area contributed by atoms with Crippen molar-refractivity contribution >= 4 is 17.6 Å². The Morgan fingerprint density at radius 2 is 1.87 bits per heavy atom. The summed E-state index contributed by atoms with van der Waals surface area (Å²) in [6.45, 7) is 0. The molecule has 0 heterocycles. The van der Waals surface area contributed by atoms with Crippen LogP contribution in [0, 0.1) is 0 Å². The molecule has 3 rings (SSSR count). The number of halogens is 1. The molecule has 0 aromatic heterocycles. The van der Waals surface area contributed by atoms with E-state index in [4.69, 9.17) is 22.1 Å². The zero-order valence-corrected chi connectivity index (χ0v) is 13.1.